The van der Waals surface area contributed by atoms with Crippen LogP contribution in [0.3, 0.4) is 0 Å². The van der Waals surface area contributed by atoms with Crippen LogP contribution < -0.4 is 15.5 Å². The van der Waals surface area contributed by atoms with Crippen LogP contribution in [0.15, 0.2) is 29.1 Å². The molecule has 24 heavy (non-hydrogen) atoms. The molecular formula is C17H26N4O3+2. The highest BCUT2D eigenvalue weighted by Gasteiger charge is 2.22. The Kier molecular flexibility index (Phi) is 4.66. The van der Waals surface area contributed by atoms with Gasteiger partial charge in [-0.25, -0.2) is 13.9 Å². The molecule has 1 aromatic heterocycles. The summed E-state index contributed by atoms with van der Waals surface area (Å²) in [6.07, 6.45) is 0. The van der Waals surface area contributed by atoms with Crippen molar-refractivity contribution in [3.63, 3.8) is 0 Å². The van der Waals surface area contributed by atoms with E-state index in [-0.39, 0.29) is 5.69 Å². The maximum Gasteiger partial charge on any atom is 0.337 e. The molecule has 7 heteroatoms. The Balaban J connectivity index is 1.65. The van der Waals surface area contributed by atoms with Gasteiger partial charge in [0.2, 0.25) is 0 Å². The van der Waals surface area contributed by atoms with Crippen LogP contribution in [0, 0.1) is 0 Å². The number of hydrogen-bond donors (Lipinski definition) is 2. The third-order valence-corrected chi connectivity index (χ3v) is 5.09. The van der Waals surface area contributed by atoms with Gasteiger partial charge in [-0.2, -0.15) is 0 Å². The number of ether oxygens (including phenoxy) is 2. The Labute approximate surface area is 141 Å². The summed E-state index contributed by atoms with van der Waals surface area (Å²) < 4.78 is 14.7. The molecule has 0 unspecified atom stereocenters. The van der Waals surface area contributed by atoms with Gasteiger partial charge in [0.15, 0.2) is 13.3 Å². The number of morpholine rings is 2. The van der Waals surface area contributed by atoms with Crippen molar-refractivity contribution in [1.29, 1.82) is 0 Å². The number of rotatable bonds is 4. The van der Waals surface area contributed by atoms with Crippen molar-refractivity contribution in [1.82, 2.24) is 9.13 Å². The lowest BCUT2D eigenvalue weighted by Crippen LogP contribution is -3.14. The molecule has 2 aromatic rings. The maximum absolute atomic E-state index is 13.1. The fraction of sp³-hybridized carbons (Fsp3) is 0.588. The lowest BCUT2D eigenvalue weighted by atomic mass is 10.3. The van der Waals surface area contributed by atoms with Crippen LogP contribution in [0.5, 0.6) is 0 Å². The molecule has 4 rings (SSSR count). The van der Waals surface area contributed by atoms with Crippen molar-refractivity contribution in [3.8, 4) is 0 Å². The van der Waals surface area contributed by atoms with Crippen LogP contribution >= 0.6 is 0 Å². The van der Waals surface area contributed by atoms with E-state index in [1.807, 2.05) is 21.3 Å². The Bertz CT molecular complexity index is 682. The maximum atomic E-state index is 13.1. The molecule has 3 heterocycles. The number of hydrogen-bond acceptors (Lipinski definition) is 3. The van der Waals surface area contributed by atoms with Gasteiger partial charge in [0, 0.05) is 0 Å². The summed E-state index contributed by atoms with van der Waals surface area (Å²) in [7, 11) is 0. The van der Waals surface area contributed by atoms with Crippen LogP contribution in [0.25, 0.3) is 11.0 Å². The largest absolute Gasteiger partial charge is 0.370 e. The second-order valence-electron chi connectivity index (χ2n) is 6.67. The van der Waals surface area contributed by atoms with Crippen LogP contribution in [0.2, 0.25) is 0 Å². The predicted octanol–water partition coefficient (Wildman–Crippen LogP) is -2.45. The standard InChI is InChI=1S/C17H24N4O3/c22-17-20(13-18-5-9-23-10-6-18)15-3-1-2-4-16(15)21(17)14-19-7-11-24-12-8-19/h1-4H,5-14H2/p+2. The first kappa shape index (κ1) is 15.8. The molecule has 2 fully saturated rings. The summed E-state index contributed by atoms with van der Waals surface area (Å²) in [6, 6.07) is 8.14. The van der Waals surface area contributed by atoms with Gasteiger partial charge in [0.05, 0.1) is 37.5 Å². The van der Waals surface area contributed by atoms with Gasteiger partial charge in [-0.1, -0.05) is 12.1 Å². The summed E-state index contributed by atoms with van der Waals surface area (Å²) in [5, 5.41) is 0. The minimum atomic E-state index is 0.106. The fourth-order valence-corrected chi connectivity index (χ4v) is 3.66. The minimum Gasteiger partial charge on any atom is -0.370 e. The molecule has 2 aliphatic heterocycles. The van der Waals surface area contributed by atoms with E-state index in [0.29, 0.717) is 13.3 Å². The second-order valence-corrected chi connectivity index (χ2v) is 6.67. The molecule has 0 atom stereocenters. The van der Waals surface area contributed by atoms with E-state index >= 15 is 0 Å². The zero-order chi connectivity index (χ0) is 16.4. The molecule has 7 nitrogen and oxygen atoms in total. The van der Waals surface area contributed by atoms with Crippen LogP contribution in [-0.4, -0.2) is 61.7 Å². The normalized spacial score (nSPS) is 20.7. The van der Waals surface area contributed by atoms with E-state index in [1.54, 1.807) is 0 Å². The van der Waals surface area contributed by atoms with E-state index in [2.05, 4.69) is 12.1 Å². The average Bonchev–Trinajstić information content (AvgIpc) is 2.90. The molecule has 2 aliphatic rings. The van der Waals surface area contributed by atoms with E-state index in [0.717, 1.165) is 63.6 Å². The van der Waals surface area contributed by atoms with Crippen molar-refractivity contribution >= 4 is 11.0 Å². The lowest BCUT2D eigenvalue weighted by Gasteiger charge is -2.24. The van der Waals surface area contributed by atoms with Crippen molar-refractivity contribution < 1.29 is 19.3 Å². The van der Waals surface area contributed by atoms with Gasteiger partial charge in [-0.3, -0.25) is 0 Å². The van der Waals surface area contributed by atoms with E-state index in [9.17, 15) is 4.79 Å². The highest BCUT2D eigenvalue weighted by molar-refractivity contribution is 5.75. The first-order chi connectivity index (χ1) is 11.8. The molecule has 2 saturated heterocycles. The van der Waals surface area contributed by atoms with Crippen molar-refractivity contribution in [2.45, 2.75) is 13.3 Å². The fourth-order valence-electron chi connectivity index (χ4n) is 3.66. The summed E-state index contributed by atoms with van der Waals surface area (Å²) in [6.45, 7) is 8.38. The van der Waals surface area contributed by atoms with Crippen LogP contribution in [-0.2, 0) is 22.8 Å². The Morgan fingerprint density at radius 1 is 0.792 bits per heavy atom. The number of quaternary nitrogens is 2. The zero-order valence-electron chi connectivity index (χ0n) is 14.0. The third-order valence-electron chi connectivity index (χ3n) is 5.09. The van der Waals surface area contributed by atoms with Gasteiger partial charge < -0.3 is 19.3 Å². The highest BCUT2D eigenvalue weighted by atomic mass is 16.5. The van der Waals surface area contributed by atoms with Gasteiger partial charge in [-0.15, -0.1) is 0 Å². The van der Waals surface area contributed by atoms with Crippen LogP contribution in [0.1, 0.15) is 0 Å². The molecule has 0 amide bonds. The van der Waals surface area contributed by atoms with Gasteiger partial charge in [-0.05, 0) is 12.1 Å². The molecule has 2 N–H and O–H groups in total. The molecule has 0 saturated carbocycles. The molecule has 130 valence electrons. The van der Waals surface area contributed by atoms with Crippen LogP contribution in [0.4, 0.5) is 0 Å². The molecule has 0 radical (unpaired) electrons. The first-order valence-corrected chi connectivity index (χ1v) is 8.83. The number of para-hydroxylation sites is 2. The topological polar surface area (TPSA) is 54.3 Å². The molecular weight excluding hydrogens is 308 g/mol. The number of fused-ring (bicyclic) bond motifs is 1. The Morgan fingerprint density at radius 2 is 1.21 bits per heavy atom. The first-order valence-electron chi connectivity index (χ1n) is 8.83. The summed E-state index contributed by atoms with van der Waals surface area (Å²) in [5.41, 5.74) is 2.18. The molecule has 0 bridgehead atoms. The Hall–Kier alpha value is -1.67. The second kappa shape index (κ2) is 7.06. The van der Waals surface area contributed by atoms with E-state index in [4.69, 9.17) is 9.47 Å². The smallest absolute Gasteiger partial charge is 0.337 e. The Morgan fingerprint density at radius 3 is 1.62 bits per heavy atom. The minimum absolute atomic E-state index is 0.106. The molecule has 0 aliphatic carbocycles. The lowest BCUT2D eigenvalue weighted by molar-refractivity contribution is -0.931. The third kappa shape index (κ3) is 3.12. The quantitative estimate of drug-likeness (QED) is 0.653. The van der Waals surface area contributed by atoms with Crippen molar-refractivity contribution in [2.75, 3.05) is 52.6 Å². The highest BCUT2D eigenvalue weighted by Crippen LogP contribution is 2.11. The number of nitrogens with one attached hydrogen (secondary N) is 2. The van der Waals surface area contributed by atoms with Crippen molar-refractivity contribution in [3.05, 3.63) is 34.7 Å². The monoisotopic (exact) mass is 334 g/mol. The predicted molar refractivity (Wildman–Crippen MR) is 89.2 cm³/mol. The van der Waals surface area contributed by atoms with Gasteiger partial charge in [0.25, 0.3) is 0 Å². The molecule has 0 spiro atoms. The number of aromatic nitrogens is 2. The SMILES string of the molecule is O=c1n(C[NH+]2CCOCC2)c2ccccc2n1C[NH+]1CCOCC1. The number of nitrogens with zero attached hydrogens (tertiary/aromatic N) is 2. The molecule has 1 aromatic carbocycles. The van der Waals surface area contributed by atoms with Gasteiger partial charge >= 0.3 is 5.69 Å². The number of imidazole rings is 1. The van der Waals surface area contributed by atoms with E-state index in [1.165, 1.54) is 9.80 Å². The van der Waals surface area contributed by atoms with E-state index < -0.39 is 0 Å². The average molecular weight is 334 g/mol. The zero-order valence-corrected chi connectivity index (χ0v) is 14.0. The van der Waals surface area contributed by atoms with Crippen molar-refractivity contribution in [2.24, 2.45) is 0 Å². The summed E-state index contributed by atoms with van der Waals surface area (Å²) in [5.74, 6) is 0. The summed E-state index contributed by atoms with van der Waals surface area (Å²) >= 11 is 0. The summed E-state index contributed by atoms with van der Waals surface area (Å²) in [4.78, 5) is 15.9. The van der Waals surface area contributed by atoms with Gasteiger partial charge in [0.1, 0.15) is 26.2 Å². The number of benzene rings is 1.